The standard InChI is InChI=1S/C23H26ClN5O4S/c1-23(2,3)33-21(30)19(11-15-7-5-4-6-8-15)29-34(31,32)17-9-10-18-16(12-17)13-26-14-20(18)27-22(25)28-24/h4-10,12-14,19,29H,11H2,1-3H3,(H3,25,27,28)/t19-/m0/s1. The van der Waals surface area contributed by atoms with Crippen LogP contribution in [0.4, 0.5) is 5.69 Å². The number of aromatic nitrogens is 1. The van der Waals surface area contributed by atoms with Gasteiger partial charge < -0.3 is 15.8 Å². The van der Waals surface area contributed by atoms with Gasteiger partial charge in [-0.15, -0.1) is 4.51 Å². The number of ether oxygens (including phenoxy) is 1. The average molecular weight is 504 g/mol. The number of nitrogens with one attached hydrogen (secondary N) is 2. The van der Waals surface area contributed by atoms with Crippen molar-refractivity contribution in [3.05, 3.63) is 66.5 Å². The van der Waals surface area contributed by atoms with E-state index in [0.717, 1.165) is 5.56 Å². The maximum absolute atomic E-state index is 13.2. The fourth-order valence-corrected chi connectivity index (χ4v) is 4.49. The van der Waals surface area contributed by atoms with Crippen LogP contribution in [-0.2, 0) is 26.0 Å². The lowest BCUT2D eigenvalue weighted by atomic mass is 10.1. The number of fused-ring (bicyclic) bond motifs is 1. The van der Waals surface area contributed by atoms with Gasteiger partial charge in [0.25, 0.3) is 0 Å². The van der Waals surface area contributed by atoms with E-state index in [-0.39, 0.29) is 17.3 Å². The fourth-order valence-electron chi connectivity index (χ4n) is 3.23. The van der Waals surface area contributed by atoms with Crippen LogP contribution in [0.15, 0.2) is 70.3 Å². The van der Waals surface area contributed by atoms with Gasteiger partial charge in [0.05, 0.1) is 16.8 Å². The summed E-state index contributed by atoms with van der Waals surface area (Å²) in [6, 6.07) is 12.5. The Bertz CT molecular complexity index is 1310. The molecule has 180 valence electrons. The zero-order valence-electron chi connectivity index (χ0n) is 18.9. The summed E-state index contributed by atoms with van der Waals surface area (Å²) in [6.45, 7) is 5.17. The summed E-state index contributed by atoms with van der Waals surface area (Å²) in [6.07, 6.45) is 3.17. The Morgan fingerprint density at radius 1 is 1.18 bits per heavy atom. The molecule has 3 aromatic rings. The number of carbonyl (C=O) groups is 1. The SMILES string of the molecule is CC(C)(C)OC(=O)[C@H](Cc1ccccc1)NS(=O)(=O)c1ccc2c(NC(N)=NCl)cncc2c1. The number of benzene rings is 2. The van der Waals surface area contributed by atoms with Gasteiger partial charge in [-0.3, -0.25) is 9.78 Å². The summed E-state index contributed by atoms with van der Waals surface area (Å²) >= 11 is 5.36. The Balaban J connectivity index is 1.93. The van der Waals surface area contributed by atoms with Crippen LogP contribution in [0.2, 0.25) is 0 Å². The molecule has 0 aliphatic heterocycles. The minimum Gasteiger partial charge on any atom is -0.459 e. The Morgan fingerprint density at radius 3 is 2.53 bits per heavy atom. The minimum absolute atomic E-state index is 0.0282. The Hall–Kier alpha value is -3.21. The first-order valence-corrected chi connectivity index (χ1v) is 12.2. The lowest BCUT2D eigenvalue weighted by Gasteiger charge is -2.24. The molecule has 1 aromatic heterocycles. The minimum atomic E-state index is -4.08. The fraction of sp³-hybridized carbons (Fsp3) is 0.261. The molecule has 3 rings (SSSR count). The molecule has 0 saturated carbocycles. The smallest absolute Gasteiger partial charge is 0.325 e. The van der Waals surface area contributed by atoms with E-state index in [9.17, 15) is 13.2 Å². The van der Waals surface area contributed by atoms with Crippen LogP contribution in [-0.4, -0.2) is 37.0 Å². The molecule has 0 radical (unpaired) electrons. The van der Waals surface area contributed by atoms with Gasteiger partial charge in [0.2, 0.25) is 16.0 Å². The van der Waals surface area contributed by atoms with Crippen LogP contribution in [0.3, 0.4) is 0 Å². The number of anilines is 1. The summed E-state index contributed by atoms with van der Waals surface area (Å²) in [7, 11) is -4.08. The van der Waals surface area contributed by atoms with Crippen LogP contribution >= 0.6 is 11.8 Å². The third kappa shape index (κ3) is 6.66. The van der Waals surface area contributed by atoms with E-state index >= 15 is 0 Å². The molecule has 1 atom stereocenters. The first-order valence-electron chi connectivity index (χ1n) is 10.4. The van der Waals surface area contributed by atoms with Crippen molar-refractivity contribution in [1.29, 1.82) is 0 Å². The molecule has 0 amide bonds. The molecule has 0 unspecified atom stereocenters. The number of pyridine rings is 1. The van der Waals surface area contributed by atoms with Crippen molar-refractivity contribution in [3.63, 3.8) is 0 Å². The third-order valence-corrected chi connectivity index (χ3v) is 6.32. The zero-order chi connectivity index (χ0) is 24.9. The molecule has 0 aliphatic rings. The summed E-state index contributed by atoms with van der Waals surface area (Å²) < 4.78 is 37.8. The van der Waals surface area contributed by atoms with Crippen molar-refractivity contribution in [2.75, 3.05) is 5.32 Å². The van der Waals surface area contributed by atoms with Crippen molar-refractivity contribution in [2.45, 2.75) is 43.7 Å². The molecule has 1 heterocycles. The van der Waals surface area contributed by atoms with Crippen LogP contribution in [0.5, 0.6) is 0 Å². The van der Waals surface area contributed by atoms with E-state index in [2.05, 4.69) is 19.5 Å². The van der Waals surface area contributed by atoms with Gasteiger partial charge in [-0.25, -0.2) is 8.42 Å². The number of nitrogens with zero attached hydrogens (tertiary/aromatic N) is 2. The summed E-state index contributed by atoms with van der Waals surface area (Å²) in [5.41, 5.74) is 6.14. The highest BCUT2D eigenvalue weighted by molar-refractivity contribution is 7.89. The van der Waals surface area contributed by atoms with Crippen LogP contribution in [0.1, 0.15) is 26.3 Å². The van der Waals surface area contributed by atoms with E-state index in [0.29, 0.717) is 16.5 Å². The first-order chi connectivity index (χ1) is 16.0. The number of hydrogen-bond donors (Lipinski definition) is 3. The third-order valence-electron chi connectivity index (χ3n) is 4.67. The van der Waals surface area contributed by atoms with E-state index < -0.39 is 27.6 Å². The number of hydrogen-bond acceptors (Lipinski definition) is 6. The maximum Gasteiger partial charge on any atom is 0.325 e. The number of carbonyl (C=O) groups excluding carboxylic acids is 1. The van der Waals surface area contributed by atoms with Gasteiger partial charge in [-0.1, -0.05) is 36.4 Å². The predicted molar refractivity (Wildman–Crippen MR) is 133 cm³/mol. The predicted octanol–water partition coefficient (Wildman–Crippen LogP) is 3.35. The summed E-state index contributed by atoms with van der Waals surface area (Å²) in [5.74, 6) is -0.694. The molecule has 9 nitrogen and oxygen atoms in total. The van der Waals surface area contributed by atoms with Gasteiger partial charge in [0.15, 0.2) is 0 Å². The molecule has 4 N–H and O–H groups in total. The molecule has 0 spiro atoms. The highest BCUT2D eigenvalue weighted by Crippen LogP contribution is 2.25. The topological polar surface area (TPSA) is 136 Å². The van der Waals surface area contributed by atoms with Gasteiger partial charge in [0, 0.05) is 28.7 Å². The molecule has 0 bridgehead atoms. The van der Waals surface area contributed by atoms with E-state index in [1.54, 1.807) is 26.8 Å². The largest absolute Gasteiger partial charge is 0.459 e. The second kappa shape index (κ2) is 10.4. The first kappa shape index (κ1) is 25.4. The van der Waals surface area contributed by atoms with E-state index in [1.165, 1.54) is 24.5 Å². The van der Waals surface area contributed by atoms with Gasteiger partial charge in [-0.2, -0.15) is 4.72 Å². The summed E-state index contributed by atoms with van der Waals surface area (Å²) in [4.78, 5) is 16.9. The Labute approximate surface area is 203 Å². The number of halogens is 1. The quantitative estimate of drug-likeness (QED) is 0.255. The molecule has 0 fully saturated rings. The second-order valence-electron chi connectivity index (χ2n) is 8.56. The van der Waals surface area contributed by atoms with Gasteiger partial charge in [-0.05, 0) is 44.9 Å². The number of nitrogens with two attached hydrogens (primary N) is 1. The van der Waals surface area contributed by atoms with E-state index in [4.69, 9.17) is 22.2 Å². The number of guanidine groups is 1. The monoisotopic (exact) mass is 503 g/mol. The van der Waals surface area contributed by atoms with Crippen LogP contribution < -0.4 is 15.8 Å². The molecular weight excluding hydrogens is 478 g/mol. The van der Waals surface area contributed by atoms with Crippen LogP contribution in [0, 0.1) is 0 Å². The average Bonchev–Trinajstić information content (AvgIpc) is 2.78. The van der Waals surface area contributed by atoms with E-state index in [1.807, 2.05) is 30.3 Å². The van der Waals surface area contributed by atoms with Crippen molar-refractivity contribution in [2.24, 2.45) is 10.2 Å². The molecule has 2 aromatic carbocycles. The lowest BCUT2D eigenvalue weighted by molar-refractivity contribution is -0.156. The lowest BCUT2D eigenvalue weighted by Crippen LogP contribution is -2.45. The maximum atomic E-state index is 13.2. The Kier molecular flexibility index (Phi) is 7.75. The number of rotatable bonds is 7. The van der Waals surface area contributed by atoms with Gasteiger partial charge in [0.1, 0.15) is 11.6 Å². The highest BCUT2D eigenvalue weighted by atomic mass is 35.5. The highest BCUT2D eigenvalue weighted by Gasteiger charge is 2.30. The van der Waals surface area contributed by atoms with Crippen molar-refractivity contribution >= 4 is 50.2 Å². The number of sulfonamides is 1. The zero-order valence-corrected chi connectivity index (χ0v) is 20.5. The summed E-state index contributed by atoms with van der Waals surface area (Å²) in [5, 5.41) is 3.99. The van der Waals surface area contributed by atoms with Crippen molar-refractivity contribution in [3.8, 4) is 0 Å². The van der Waals surface area contributed by atoms with Gasteiger partial charge >= 0.3 is 5.97 Å². The molecule has 34 heavy (non-hydrogen) atoms. The number of esters is 1. The van der Waals surface area contributed by atoms with Crippen LogP contribution in [0.25, 0.3) is 10.8 Å². The van der Waals surface area contributed by atoms with Crippen molar-refractivity contribution < 1.29 is 17.9 Å². The second-order valence-corrected chi connectivity index (χ2v) is 10.4. The molecular formula is C23H26ClN5O4S. The Morgan fingerprint density at radius 2 is 1.88 bits per heavy atom. The normalized spacial score (nSPS) is 13.5. The van der Waals surface area contributed by atoms with Crippen molar-refractivity contribution in [1.82, 2.24) is 9.71 Å². The molecule has 11 heteroatoms. The molecule has 0 saturated heterocycles. The molecule has 0 aliphatic carbocycles.